The quantitative estimate of drug-likeness (QED) is 0.636. The summed E-state index contributed by atoms with van der Waals surface area (Å²) in [4.78, 5) is 42.2. The zero-order valence-electron chi connectivity index (χ0n) is 18.8. The molecule has 0 bridgehead atoms. The first kappa shape index (κ1) is 24.4. The van der Waals surface area contributed by atoms with Gasteiger partial charge in [-0.2, -0.15) is 0 Å². The number of hydrogen-bond acceptors (Lipinski definition) is 5. The Kier molecular flexibility index (Phi) is 8.45. The molecule has 1 aromatic heterocycles. The molecule has 1 aliphatic heterocycles. The van der Waals surface area contributed by atoms with Gasteiger partial charge in [0.2, 0.25) is 5.91 Å². The fourth-order valence-corrected chi connectivity index (χ4v) is 4.74. The van der Waals surface area contributed by atoms with Crippen molar-refractivity contribution in [3.63, 3.8) is 0 Å². The van der Waals surface area contributed by atoms with E-state index in [-0.39, 0.29) is 36.9 Å². The molecule has 172 valence electrons. The van der Waals surface area contributed by atoms with Crippen LogP contribution in [0, 0.1) is 0 Å². The number of carbonyl (C=O) groups is 3. The van der Waals surface area contributed by atoms with Crippen LogP contribution in [-0.4, -0.2) is 67.7 Å². The Labute approximate surface area is 198 Å². The maximum Gasteiger partial charge on any atom is 0.261 e. The average Bonchev–Trinajstić information content (AvgIpc) is 3.11. The summed E-state index contributed by atoms with van der Waals surface area (Å²) in [6.07, 6.45) is 2.64. The summed E-state index contributed by atoms with van der Waals surface area (Å²) in [5, 5.41) is 2.82. The minimum Gasteiger partial charge on any atom is -0.349 e. The highest BCUT2D eigenvalue weighted by Gasteiger charge is 2.24. The van der Waals surface area contributed by atoms with Gasteiger partial charge in [0.05, 0.1) is 15.3 Å². The van der Waals surface area contributed by atoms with E-state index >= 15 is 0 Å². The second-order valence-corrected chi connectivity index (χ2v) is 10.2. The maximum absolute atomic E-state index is 13.2. The third-order valence-corrected chi connectivity index (χ3v) is 7.04. The zero-order chi connectivity index (χ0) is 23.3. The Balaban J connectivity index is 1.72. The van der Waals surface area contributed by atoms with Crippen molar-refractivity contribution in [1.29, 1.82) is 0 Å². The van der Waals surface area contributed by atoms with Gasteiger partial charge in [-0.05, 0) is 55.1 Å². The van der Waals surface area contributed by atoms with Crippen LogP contribution in [0.5, 0.6) is 0 Å². The lowest BCUT2D eigenvalue weighted by Crippen LogP contribution is -2.42. The number of rotatable bonds is 8. The summed E-state index contributed by atoms with van der Waals surface area (Å²) in [6.45, 7) is 2.03. The zero-order valence-corrected chi connectivity index (χ0v) is 20.4. The van der Waals surface area contributed by atoms with Gasteiger partial charge >= 0.3 is 0 Å². The van der Waals surface area contributed by atoms with Crippen LogP contribution >= 0.6 is 22.9 Å². The summed E-state index contributed by atoms with van der Waals surface area (Å²) >= 11 is 7.11. The minimum atomic E-state index is -0.739. The molecule has 1 unspecified atom stereocenters. The number of Topliss-reactive ketones (excluding diaryl/α,β-unsaturated/α-hetero) is 1. The highest BCUT2D eigenvalue weighted by molar-refractivity contribution is 7.18. The number of hydrogen-bond donors (Lipinski definition) is 1. The Hall–Kier alpha value is -2.22. The third kappa shape index (κ3) is 6.64. The molecule has 1 N–H and O–H groups in total. The van der Waals surface area contributed by atoms with Gasteiger partial charge in [-0.15, -0.1) is 11.3 Å². The van der Waals surface area contributed by atoms with E-state index in [9.17, 15) is 14.4 Å². The summed E-state index contributed by atoms with van der Waals surface area (Å²) in [7, 11) is 5.48. The summed E-state index contributed by atoms with van der Waals surface area (Å²) in [5.74, 6) is -0.522. The molecule has 0 spiro atoms. The van der Waals surface area contributed by atoms with Crippen molar-refractivity contribution in [1.82, 2.24) is 15.1 Å². The molecule has 0 radical (unpaired) electrons. The van der Waals surface area contributed by atoms with Crippen molar-refractivity contribution in [3.05, 3.63) is 56.2 Å². The van der Waals surface area contributed by atoms with Crippen LogP contribution < -0.4 is 5.32 Å². The van der Waals surface area contributed by atoms with Gasteiger partial charge < -0.3 is 15.1 Å². The molecule has 8 heteroatoms. The molecule has 3 rings (SSSR count). The number of carbonyl (C=O) groups excluding carboxylic acids is 3. The van der Waals surface area contributed by atoms with E-state index in [1.165, 1.54) is 16.0 Å². The second-order valence-electron chi connectivity index (χ2n) is 8.51. The van der Waals surface area contributed by atoms with Crippen LogP contribution in [0.15, 0.2) is 30.3 Å². The van der Waals surface area contributed by atoms with Crippen LogP contribution in [0.4, 0.5) is 0 Å². The Morgan fingerprint density at radius 1 is 1.12 bits per heavy atom. The number of fused-ring (bicyclic) bond motifs is 1. The van der Waals surface area contributed by atoms with Crippen LogP contribution in [0.3, 0.4) is 0 Å². The van der Waals surface area contributed by atoms with Gasteiger partial charge in [0.25, 0.3) is 5.91 Å². The van der Waals surface area contributed by atoms with E-state index in [1.807, 2.05) is 6.07 Å². The monoisotopic (exact) mass is 475 g/mol. The first-order valence-electron chi connectivity index (χ1n) is 10.8. The van der Waals surface area contributed by atoms with E-state index in [2.05, 4.69) is 29.4 Å². The molecule has 1 aliphatic rings. The van der Waals surface area contributed by atoms with Crippen LogP contribution in [0.1, 0.15) is 39.2 Å². The molecule has 0 saturated heterocycles. The molecule has 1 atom stereocenters. The predicted octanol–water partition coefficient (Wildman–Crippen LogP) is 3.21. The highest BCUT2D eigenvalue weighted by atomic mass is 35.5. The van der Waals surface area contributed by atoms with Gasteiger partial charge in [0.1, 0.15) is 0 Å². The number of thiophene rings is 1. The van der Waals surface area contributed by atoms with Crippen molar-refractivity contribution in [2.24, 2.45) is 0 Å². The lowest BCUT2D eigenvalue weighted by Gasteiger charge is -2.19. The van der Waals surface area contributed by atoms with Crippen molar-refractivity contribution >= 4 is 40.5 Å². The minimum absolute atomic E-state index is 0.0784. The van der Waals surface area contributed by atoms with Gasteiger partial charge in [0.15, 0.2) is 5.78 Å². The molecular weight excluding hydrogens is 446 g/mol. The Bertz CT molecular complexity index is 989. The van der Waals surface area contributed by atoms with E-state index in [0.29, 0.717) is 9.21 Å². The van der Waals surface area contributed by atoms with Crippen molar-refractivity contribution in [2.75, 3.05) is 34.2 Å². The predicted molar refractivity (Wildman–Crippen MR) is 129 cm³/mol. The Morgan fingerprint density at radius 2 is 1.84 bits per heavy atom. The van der Waals surface area contributed by atoms with Gasteiger partial charge in [-0.3, -0.25) is 14.4 Å². The number of ketones is 1. The molecule has 6 nitrogen and oxygen atoms in total. The summed E-state index contributed by atoms with van der Waals surface area (Å²) in [5.41, 5.74) is 3.56. The van der Waals surface area contributed by atoms with E-state index in [1.54, 1.807) is 26.2 Å². The van der Waals surface area contributed by atoms with E-state index in [0.717, 1.165) is 42.8 Å². The number of nitrogens with zero attached hydrogens (tertiary/aromatic N) is 2. The van der Waals surface area contributed by atoms with Crippen LogP contribution in [0.2, 0.25) is 4.34 Å². The Morgan fingerprint density at radius 3 is 2.50 bits per heavy atom. The number of amides is 2. The molecule has 1 aromatic carbocycles. The van der Waals surface area contributed by atoms with Crippen molar-refractivity contribution in [2.45, 2.75) is 38.1 Å². The van der Waals surface area contributed by atoms with E-state index in [4.69, 9.17) is 11.6 Å². The third-order valence-electron chi connectivity index (χ3n) is 5.81. The average molecular weight is 476 g/mol. The molecule has 2 amide bonds. The van der Waals surface area contributed by atoms with E-state index < -0.39 is 6.04 Å². The molecule has 0 saturated carbocycles. The number of likely N-dealkylation sites (N-methyl/N-ethyl adjacent to an activating group) is 1. The van der Waals surface area contributed by atoms with Gasteiger partial charge in [0, 0.05) is 40.0 Å². The lowest BCUT2D eigenvalue weighted by molar-refractivity contribution is -0.129. The maximum atomic E-state index is 13.2. The molecule has 32 heavy (non-hydrogen) atoms. The number of halogens is 1. The van der Waals surface area contributed by atoms with Gasteiger partial charge in [-0.1, -0.05) is 29.8 Å². The smallest absolute Gasteiger partial charge is 0.261 e. The normalized spacial score (nSPS) is 14.9. The van der Waals surface area contributed by atoms with Crippen molar-refractivity contribution < 1.29 is 14.4 Å². The number of benzene rings is 1. The molecular formula is C24H30ClN3O3S. The largest absolute Gasteiger partial charge is 0.349 e. The molecule has 0 aliphatic carbocycles. The molecule has 2 aromatic rings. The van der Waals surface area contributed by atoms with Crippen LogP contribution in [0.25, 0.3) is 0 Å². The van der Waals surface area contributed by atoms with Crippen molar-refractivity contribution in [3.8, 4) is 0 Å². The summed E-state index contributed by atoms with van der Waals surface area (Å²) in [6, 6.07) is 8.80. The summed E-state index contributed by atoms with van der Waals surface area (Å²) < 4.78 is 0.511. The standard InChI is InChI=1S/C24H30ClN3O3S/c1-27(2)23(30)9-6-19(26-24(31)21-7-8-22(25)32-21)20(29)15-16-4-5-17-10-12-28(3)13-11-18(17)14-16/h4-5,7-8,14,19H,6,9-13,15H2,1-3H3,(H,26,31). The van der Waals surface area contributed by atoms with Gasteiger partial charge in [-0.25, -0.2) is 0 Å². The fourth-order valence-electron chi connectivity index (χ4n) is 3.80. The number of nitrogens with one attached hydrogen (secondary N) is 1. The molecule has 0 fully saturated rings. The topological polar surface area (TPSA) is 69.7 Å². The SMILES string of the molecule is CN1CCc2ccc(CC(=O)C(CCC(=O)N(C)C)NC(=O)c3ccc(Cl)s3)cc2CC1. The first-order chi connectivity index (χ1) is 15.2. The highest BCUT2D eigenvalue weighted by Crippen LogP contribution is 2.22. The molecule has 2 heterocycles. The fraction of sp³-hybridized carbons (Fsp3) is 0.458. The second kappa shape index (κ2) is 11.1. The lowest BCUT2D eigenvalue weighted by atomic mass is 9.95. The van der Waals surface area contributed by atoms with Crippen LogP contribution in [-0.2, 0) is 28.9 Å². The first-order valence-corrected chi connectivity index (χ1v) is 12.0.